The first kappa shape index (κ1) is 11.8. The van der Waals surface area contributed by atoms with Gasteiger partial charge < -0.3 is 4.74 Å². The predicted octanol–water partition coefficient (Wildman–Crippen LogP) is 3.04. The Morgan fingerprint density at radius 1 is 1.29 bits per heavy atom. The third-order valence-electron chi connectivity index (χ3n) is 2.63. The third kappa shape index (κ3) is 2.90. The Hall–Kier alpha value is -1.71. The van der Waals surface area contributed by atoms with Gasteiger partial charge in [0, 0.05) is 0 Å². The molecule has 17 heavy (non-hydrogen) atoms. The fourth-order valence-corrected chi connectivity index (χ4v) is 1.69. The van der Waals surface area contributed by atoms with E-state index in [1.165, 1.54) is 30.3 Å². The summed E-state index contributed by atoms with van der Waals surface area (Å²) in [5.74, 6) is -1.04. The Morgan fingerprint density at radius 3 is 2.65 bits per heavy atom. The summed E-state index contributed by atoms with van der Waals surface area (Å²) in [7, 11) is 0. The molecule has 1 aliphatic rings. The van der Waals surface area contributed by atoms with Crippen LogP contribution in [0.25, 0.3) is 0 Å². The van der Waals surface area contributed by atoms with Gasteiger partial charge in [0.15, 0.2) is 6.17 Å². The summed E-state index contributed by atoms with van der Waals surface area (Å²) in [6.07, 6.45) is 2.30. The fraction of sp³-hybridized carbons (Fsp3) is 0.308. The molecular weight excluding hydrogens is 226 g/mol. The number of alkyl halides is 1. The van der Waals surface area contributed by atoms with Gasteiger partial charge in [-0.3, -0.25) is 0 Å². The highest BCUT2D eigenvalue weighted by Gasteiger charge is 2.25. The summed E-state index contributed by atoms with van der Waals surface area (Å²) in [5, 5.41) is 0. The molecule has 0 radical (unpaired) electrons. The second kappa shape index (κ2) is 5.08. The highest BCUT2D eigenvalue weighted by molar-refractivity contribution is 5.89. The standard InChI is InChI=1S/C13H12F2O2/c14-10-7-5-9(6-8-10)13(16)17-12-4-2-1-3-11(12)15/h1,3,5-8,11-12H,2,4H2/t11-,12-/m0/s1. The Labute approximate surface area is 97.9 Å². The molecule has 0 bridgehead atoms. The summed E-state index contributed by atoms with van der Waals surface area (Å²) >= 11 is 0. The molecule has 2 nitrogen and oxygen atoms in total. The van der Waals surface area contributed by atoms with Crippen molar-refractivity contribution in [3.63, 3.8) is 0 Å². The third-order valence-corrected chi connectivity index (χ3v) is 2.63. The van der Waals surface area contributed by atoms with Crippen molar-refractivity contribution < 1.29 is 18.3 Å². The van der Waals surface area contributed by atoms with Crippen molar-refractivity contribution in [3.05, 3.63) is 47.8 Å². The number of hydrogen-bond donors (Lipinski definition) is 0. The lowest BCUT2D eigenvalue weighted by Crippen LogP contribution is -2.29. The molecule has 0 saturated carbocycles. The fourth-order valence-electron chi connectivity index (χ4n) is 1.69. The molecular formula is C13H12F2O2. The average Bonchev–Trinajstić information content (AvgIpc) is 2.33. The first-order valence-corrected chi connectivity index (χ1v) is 5.44. The lowest BCUT2D eigenvalue weighted by molar-refractivity contribution is 0.00999. The van der Waals surface area contributed by atoms with Crippen LogP contribution in [0.3, 0.4) is 0 Å². The van der Waals surface area contributed by atoms with Gasteiger partial charge in [-0.1, -0.05) is 12.2 Å². The van der Waals surface area contributed by atoms with Gasteiger partial charge >= 0.3 is 5.97 Å². The van der Waals surface area contributed by atoms with Crippen LogP contribution in [0.15, 0.2) is 36.4 Å². The number of carbonyl (C=O) groups excluding carboxylic acids is 1. The van der Waals surface area contributed by atoms with Crippen molar-refractivity contribution >= 4 is 5.97 Å². The van der Waals surface area contributed by atoms with Crippen LogP contribution in [-0.2, 0) is 4.74 Å². The van der Waals surface area contributed by atoms with Gasteiger partial charge in [-0.2, -0.15) is 0 Å². The van der Waals surface area contributed by atoms with Gasteiger partial charge in [0.2, 0.25) is 0 Å². The monoisotopic (exact) mass is 238 g/mol. The van der Waals surface area contributed by atoms with Gasteiger partial charge in [0.25, 0.3) is 0 Å². The first-order chi connectivity index (χ1) is 8.16. The smallest absolute Gasteiger partial charge is 0.338 e. The summed E-state index contributed by atoms with van der Waals surface area (Å²) in [5.41, 5.74) is 0.230. The normalized spacial score (nSPS) is 23.4. The summed E-state index contributed by atoms with van der Waals surface area (Å²) < 4.78 is 31.1. The van der Waals surface area contributed by atoms with Gasteiger partial charge in [-0.25, -0.2) is 13.6 Å². The maximum absolute atomic E-state index is 13.4. The number of hydrogen-bond acceptors (Lipinski definition) is 2. The van der Waals surface area contributed by atoms with Crippen LogP contribution in [0.4, 0.5) is 8.78 Å². The molecule has 0 spiro atoms. The second-order valence-electron chi connectivity index (χ2n) is 3.90. The van der Waals surface area contributed by atoms with E-state index in [-0.39, 0.29) is 5.56 Å². The summed E-state index contributed by atoms with van der Waals surface area (Å²) in [6, 6.07) is 4.99. The average molecular weight is 238 g/mol. The van der Waals surface area contributed by atoms with Gasteiger partial charge in [0.05, 0.1) is 5.56 Å². The largest absolute Gasteiger partial charge is 0.455 e. The first-order valence-electron chi connectivity index (χ1n) is 5.44. The van der Waals surface area contributed by atoms with Crippen LogP contribution in [-0.4, -0.2) is 18.2 Å². The molecule has 2 atom stereocenters. The van der Waals surface area contributed by atoms with Crippen molar-refractivity contribution in [2.75, 3.05) is 0 Å². The molecule has 1 aromatic carbocycles. The van der Waals surface area contributed by atoms with E-state index in [4.69, 9.17) is 4.74 Å². The molecule has 4 heteroatoms. The van der Waals surface area contributed by atoms with Gasteiger partial charge in [0.1, 0.15) is 11.9 Å². The van der Waals surface area contributed by atoms with E-state index in [1.54, 1.807) is 6.08 Å². The Bertz CT molecular complexity index is 426. The van der Waals surface area contributed by atoms with E-state index < -0.39 is 24.1 Å². The molecule has 0 heterocycles. The Morgan fingerprint density at radius 2 is 2.00 bits per heavy atom. The molecule has 1 aliphatic carbocycles. The minimum atomic E-state index is -1.26. The maximum Gasteiger partial charge on any atom is 0.338 e. The highest BCUT2D eigenvalue weighted by atomic mass is 19.1. The lowest BCUT2D eigenvalue weighted by atomic mass is 10.0. The molecule has 2 rings (SSSR count). The highest BCUT2D eigenvalue weighted by Crippen LogP contribution is 2.19. The SMILES string of the molecule is O=C(O[C@H]1CCC=C[C@@H]1F)c1ccc(F)cc1. The van der Waals surface area contributed by atoms with Crippen LogP contribution in [0, 0.1) is 5.82 Å². The molecule has 0 unspecified atom stereocenters. The molecule has 90 valence electrons. The lowest BCUT2D eigenvalue weighted by Gasteiger charge is -2.21. The van der Waals surface area contributed by atoms with Crippen LogP contribution < -0.4 is 0 Å². The number of esters is 1. The molecule has 0 fully saturated rings. The molecule has 0 aromatic heterocycles. The Balaban J connectivity index is 2.01. The molecule has 0 N–H and O–H groups in total. The van der Waals surface area contributed by atoms with E-state index in [9.17, 15) is 13.6 Å². The molecule has 0 amide bonds. The van der Waals surface area contributed by atoms with Crippen LogP contribution >= 0.6 is 0 Å². The molecule has 1 aromatic rings. The van der Waals surface area contributed by atoms with Crippen molar-refractivity contribution in [2.24, 2.45) is 0 Å². The number of ether oxygens (including phenoxy) is 1. The van der Waals surface area contributed by atoms with E-state index in [0.717, 1.165) is 0 Å². The van der Waals surface area contributed by atoms with E-state index in [1.807, 2.05) is 0 Å². The molecule has 0 saturated heterocycles. The number of rotatable bonds is 2. The topological polar surface area (TPSA) is 26.3 Å². The van der Waals surface area contributed by atoms with Crippen LogP contribution in [0.5, 0.6) is 0 Å². The summed E-state index contributed by atoms with van der Waals surface area (Å²) in [6.45, 7) is 0. The number of carbonyl (C=O) groups is 1. The van der Waals surface area contributed by atoms with Crippen LogP contribution in [0.1, 0.15) is 23.2 Å². The van der Waals surface area contributed by atoms with Crippen molar-refractivity contribution in [1.29, 1.82) is 0 Å². The quantitative estimate of drug-likeness (QED) is 0.584. The van der Waals surface area contributed by atoms with E-state index >= 15 is 0 Å². The maximum atomic E-state index is 13.4. The second-order valence-corrected chi connectivity index (χ2v) is 3.90. The Kier molecular flexibility index (Phi) is 3.52. The van der Waals surface area contributed by atoms with E-state index in [0.29, 0.717) is 12.8 Å². The van der Waals surface area contributed by atoms with Crippen LogP contribution in [0.2, 0.25) is 0 Å². The number of halogens is 2. The summed E-state index contributed by atoms with van der Waals surface area (Å²) in [4.78, 5) is 11.6. The number of benzene rings is 1. The van der Waals surface area contributed by atoms with Gasteiger partial charge in [-0.15, -0.1) is 0 Å². The van der Waals surface area contributed by atoms with Crippen molar-refractivity contribution in [2.45, 2.75) is 25.1 Å². The minimum Gasteiger partial charge on any atom is -0.455 e. The molecule has 0 aliphatic heterocycles. The van der Waals surface area contributed by atoms with Crippen molar-refractivity contribution in [1.82, 2.24) is 0 Å². The van der Waals surface area contributed by atoms with Crippen molar-refractivity contribution in [3.8, 4) is 0 Å². The zero-order valence-electron chi connectivity index (χ0n) is 9.11. The zero-order valence-corrected chi connectivity index (χ0v) is 9.11. The van der Waals surface area contributed by atoms with E-state index in [2.05, 4.69) is 0 Å². The zero-order chi connectivity index (χ0) is 12.3. The predicted molar refractivity (Wildman–Crippen MR) is 58.9 cm³/mol. The minimum absolute atomic E-state index is 0.230. The van der Waals surface area contributed by atoms with Gasteiger partial charge in [-0.05, 0) is 37.1 Å². The number of allylic oxidation sites excluding steroid dienone is 1.